The molecule has 2 N–H and O–H groups in total. The van der Waals surface area contributed by atoms with Crippen LogP contribution in [0.2, 0.25) is 0 Å². The first-order chi connectivity index (χ1) is 25.8. The summed E-state index contributed by atoms with van der Waals surface area (Å²) < 4.78 is 11.5. The minimum Gasteiger partial charge on any atom is -0.444 e. The molecule has 12 rings (SSSR count). The first kappa shape index (κ1) is 32.0. The summed E-state index contributed by atoms with van der Waals surface area (Å²) in [7, 11) is 0. The summed E-state index contributed by atoms with van der Waals surface area (Å²) in [5, 5.41) is 0. The van der Waals surface area contributed by atoms with E-state index in [9.17, 15) is 9.59 Å². The molecule has 54 heavy (non-hydrogen) atoms. The highest BCUT2D eigenvalue weighted by Gasteiger charge is 2.86. The van der Waals surface area contributed by atoms with Crippen LogP contribution in [0.25, 0.3) is 55.5 Å². The maximum Gasteiger partial charge on any atom is 0.411 e. The molecule has 8 atom stereocenters. The van der Waals surface area contributed by atoms with Crippen molar-refractivity contribution in [3.05, 3.63) is 72.4 Å². The average molecular weight is 723 g/mol. The van der Waals surface area contributed by atoms with Crippen molar-refractivity contribution < 1.29 is 19.1 Å². The van der Waals surface area contributed by atoms with Crippen molar-refractivity contribution in [2.75, 3.05) is 0 Å². The molecule has 2 bridgehead atoms. The number of hydrogen-bond donors (Lipinski definition) is 2. The molecule has 274 valence electrons. The fourth-order valence-electron chi connectivity index (χ4n) is 9.37. The van der Waals surface area contributed by atoms with Gasteiger partial charge in [-0.1, -0.05) is 18.2 Å². The van der Waals surface area contributed by atoms with Crippen molar-refractivity contribution in [3.63, 3.8) is 0 Å². The van der Waals surface area contributed by atoms with Crippen LogP contribution in [-0.4, -0.2) is 75.2 Å². The molecule has 3 aromatic carbocycles. The third-order valence-corrected chi connectivity index (χ3v) is 11.9. The molecule has 0 spiro atoms. The van der Waals surface area contributed by atoms with Gasteiger partial charge >= 0.3 is 12.2 Å². The van der Waals surface area contributed by atoms with Crippen molar-refractivity contribution in [1.82, 2.24) is 39.7 Å². The van der Waals surface area contributed by atoms with Crippen LogP contribution in [0.15, 0.2) is 60.8 Å². The highest BCUT2D eigenvalue weighted by atomic mass is 16.6. The first-order valence-electron chi connectivity index (χ1n) is 19.1. The Kier molecular flexibility index (Phi) is 6.26. The van der Waals surface area contributed by atoms with Crippen LogP contribution in [0.1, 0.15) is 78.1 Å². The lowest BCUT2D eigenvalue weighted by Gasteiger charge is -2.29. The Morgan fingerprint density at radius 2 is 1.26 bits per heavy atom. The zero-order valence-electron chi connectivity index (χ0n) is 31.1. The number of hydrogen-bond acceptors (Lipinski definition) is 8. The quantitative estimate of drug-likeness (QED) is 0.185. The number of aromatic amines is 2. The standard InChI is InChI=1S/C42H42N8O4/c1-41(2,3)53-39(51)49-30-16-22(30)17-31(49)37-45-24-12-9-21(15-28(24)47-37)29-18-43-26-13-19(7-10-23(26)44-29)20-8-11-25-27(14-20)48-38(46-25)36-34-32-33(34)35(32)50(36)40(52)54-42(4,5)6/h7-15,18,22,30-36H,16-17H2,1-6H3,(H,45,47)(H,46,48)/t22-,30-,31+,32-,33?,34?,35?,36+/m1/s1. The average Bonchev–Trinajstić information content (AvgIpc) is 3.94. The number of amides is 2. The molecule has 3 saturated heterocycles. The largest absolute Gasteiger partial charge is 0.444 e. The van der Waals surface area contributed by atoms with Crippen molar-refractivity contribution in [2.45, 2.75) is 89.8 Å². The smallest absolute Gasteiger partial charge is 0.411 e. The highest BCUT2D eigenvalue weighted by Crippen LogP contribution is 2.81. The SMILES string of the molecule is CC(C)(C)OC(=O)N1C2C3C([C@@H]32)[C@H]1c1nc2ccc(-c3ccc4nc(-c5ccc6nc([C@@H]7C[C@H]8C[C@H]8N7C(=O)OC(C)(C)C)[nH]c6c5)cnc4c3)cc2[nH]1. The molecule has 3 unspecified atom stereocenters. The summed E-state index contributed by atoms with van der Waals surface area (Å²) in [6.45, 7) is 11.4. The Hall–Kier alpha value is -5.52. The molecular formula is C42H42N8O4. The Morgan fingerprint density at radius 1 is 0.667 bits per heavy atom. The highest BCUT2D eigenvalue weighted by molar-refractivity contribution is 5.88. The van der Waals surface area contributed by atoms with Gasteiger partial charge in [0.2, 0.25) is 0 Å². The van der Waals surface area contributed by atoms with Gasteiger partial charge in [0.15, 0.2) is 0 Å². The van der Waals surface area contributed by atoms with Gasteiger partial charge in [0.25, 0.3) is 0 Å². The Balaban J connectivity index is 0.837. The number of H-pyrrole nitrogens is 2. The maximum atomic E-state index is 13.2. The van der Waals surface area contributed by atoms with Gasteiger partial charge in [0, 0.05) is 17.6 Å². The van der Waals surface area contributed by atoms with Crippen LogP contribution in [0, 0.1) is 23.7 Å². The minimum absolute atomic E-state index is 0.0656. The predicted molar refractivity (Wildman–Crippen MR) is 202 cm³/mol. The van der Waals surface area contributed by atoms with Gasteiger partial charge < -0.3 is 19.4 Å². The summed E-state index contributed by atoms with van der Waals surface area (Å²) in [5.41, 5.74) is 7.84. The number of piperidine rings is 2. The van der Waals surface area contributed by atoms with E-state index in [1.807, 2.05) is 81.8 Å². The minimum atomic E-state index is -0.551. The van der Waals surface area contributed by atoms with Crippen LogP contribution in [0.4, 0.5) is 9.59 Å². The van der Waals surface area contributed by atoms with Crippen LogP contribution in [0.5, 0.6) is 0 Å². The van der Waals surface area contributed by atoms with E-state index in [1.54, 1.807) is 0 Å². The molecule has 3 aromatic heterocycles. The Labute approximate surface area is 311 Å². The van der Waals surface area contributed by atoms with E-state index >= 15 is 0 Å². The molecule has 0 radical (unpaired) electrons. The molecule has 6 aromatic rings. The molecule has 12 heteroatoms. The van der Waals surface area contributed by atoms with E-state index in [4.69, 9.17) is 29.4 Å². The van der Waals surface area contributed by atoms with Crippen molar-refractivity contribution in [3.8, 4) is 22.4 Å². The predicted octanol–water partition coefficient (Wildman–Crippen LogP) is 8.32. The lowest BCUT2D eigenvalue weighted by atomic mass is 10.0. The molecule has 12 nitrogen and oxygen atoms in total. The molecule has 3 saturated carbocycles. The van der Waals surface area contributed by atoms with Crippen molar-refractivity contribution in [2.24, 2.45) is 23.7 Å². The van der Waals surface area contributed by atoms with E-state index in [1.165, 1.54) is 0 Å². The number of aromatic nitrogens is 6. The number of rotatable bonds is 4. The van der Waals surface area contributed by atoms with E-state index in [2.05, 4.69) is 40.3 Å². The number of carbonyl (C=O) groups excluding carboxylic acids is 2. The van der Waals surface area contributed by atoms with E-state index < -0.39 is 11.2 Å². The molecule has 6 heterocycles. The molecule has 2 amide bonds. The van der Waals surface area contributed by atoms with Gasteiger partial charge in [-0.3, -0.25) is 14.8 Å². The van der Waals surface area contributed by atoms with Gasteiger partial charge in [-0.05, 0) is 126 Å². The summed E-state index contributed by atoms with van der Waals surface area (Å²) in [5.74, 6) is 3.80. The number of ether oxygens (including phenoxy) is 2. The fourth-order valence-corrected chi connectivity index (χ4v) is 9.37. The third kappa shape index (κ3) is 5.01. The summed E-state index contributed by atoms with van der Waals surface area (Å²) in [6, 6.07) is 18.8. The number of imidazole rings is 2. The number of nitrogens with one attached hydrogen (secondary N) is 2. The van der Waals surface area contributed by atoms with E-state index in [0.29, 0.717) is 29.7 Å². The zero-order chi connectivity index (χ0) is 37.0. The van der Waals surface area contributed by atoms with Gasteiger partial charge in [-0.15, -0.1) is 0 Å². The second-order valence-electron chi connectivity index (χ2n) is 17.9. The van der Waals surface area contributed by atoms with Crippen molar-refractivity contribution in [1.29, 1.82) is 0 Å². The molecule has 6 fully saturated rings. The van der Waals surface area contributed by atoms with Crippen LogP contribution < -0.4 is 0 Å². The number of fused-ring (bicyclic) bond motifs is 5. The number of carbonyl (C=O) groups is 2. The molecule has 6 aliphatic rings. The first-order valence-corrected chi connectivity index (χ1v) is 19.1. The normalized spacial score (nSPS) is 27.7. The number of likely N-dealkylation sites (tertiary alicyclic amines) is 1. The molecule has 3 aliphatic carbocycles. The monoisotopic (exact) mass is 722 g/mol. The maximum absolute atomic E-state index is 13.2. The van der Waals surface area contributed by atoms with Crippen LogP contribution >= 0.6 is 0 Å². The summed E-state index contributed by atoms with van der Waals surface area (Å²) in [6.07, 6.45) is 3.22. The Morgan fingerprint density at radius 3 is 1.96 bits per heavy atom. The molecule has 3 aliphatic heterocycles. The number of nitrogens with zero attached hydrogens (tertiary/aromatic N) is 6. The van der Waals surface area contributed by atoms with Crippen LogP contribution in [-0.2, 0) is 9.47 Å². The zero-order valence-corrected chi connectivity index (χ0v) is 31.1. The Bertz CT molecular complexity index is 2570. The van der Waals surface area contributed by atoms with Crippen molar-refractivity contribution >= 4 is 45.3 Å². The second kappa shape index (κ2) is 10.6. The summed E-state index contributed by atoms with van der Waals surface area (Å²) in [4.78, 5) is 56.9. The van der Waals surface area contributed by atoms with Gasteiger partial charge in [-0.2, -0.15) is 0 Å². The second-order valence-corrected chi connectivity index (χ2v) is 17.9. The lowest BCUT2D eigenvalue weighted by molar-refractivity contribution is 0.0172. The van der Waals surface area contributed by atoms with Gasteiger partial charge in [0.05, 0.1) is 57.1 Å². The van der Waals surface area contributed by atoms with Gasteiger partial charge in [-0.25, -0.2) is 24.5 Å². The lowest BCUT2D eigenvalue weighted by Crippen LogP contribution is -2.38. The van der Waals surface area contributed by atoms with E-state index in [-0.39, 0.29) is 30.3 Å². The topological polar surface area (TPSA) is 142 Å². The van der Waals surface area contributed by atoms with Gasteiger partial charge in [0.1, 0.15) is 22.9 Å². The molecular weight excluding hydrogens is 681 g/mol. The van der Waals surface area contributed by atoms with Crippen LogP contribution in [0.3, 0.4) is 0 Å². The summed E-state index contributed by atoms with van der Waals surface area (Å²) >= 11 is 0. The number of benzene rings is 3. The third-order valence-electron chi connectivity index (χ3n) is 11.9. The van der Waals surface area contributed by atoms with E-state index in [0.717, 1.165) is 80.0 Å². The fraction of sp³-hybridized carbons (Fsp3) is 0.429.